The van der Waals surface area contributed by atoms with Gasteiger partial charge in [0.15, 0.2) is 5.78 Å². The number of thiol groups is 1. The van der Waals surface area contributed by atoms with Crippen molar-refractivity contribution >= 4 is 18.4 Å². The van der Waals surface area contributed by atoms with Gasteiger partial charge in [-0.3, -0.25) is 4.79 Å². The van der Waals surface area contributed by atoms with Crippen molar-refractivity contribution < 1.29 is 4.79 Å². The van der Waals surface area contributed by atoms with E-state index in [9.17, 15) is 4.79 Å². The van der Waals surface area contributed by atoms with E-state index in [1.165, 1.54) is 25.3 Å². The molecule has 0 aromatic heterocycles. The molecule has 0 aliphatic carbocycles. The van der Waals surface area contributed by atoms with E-state index in [0.29, 0.717) is 5.70 Å². The summed E-state index contributed by atoms with van der Waals surface area (Å²) < 4.78 is 0. The van der Waals surface area contributed by atoms with Crippen LogP contribution in [0.15, 0.2) is 102 Å². The number of hydrogen-bond donors (Lipinski definition) is 3. The lowest BCUT2D eigenvalue weighted by Crippen LogP contribution is -2.19. The lowest BCUT2D eigenvalue weighted by atomic mass is 10.2. The average Bonchev–Trinajstić information content (AvgIpc) is 2.92. The van der Waals surface area contributed by atoms with E-state index in [-0.39, 0.29) is 5.78 Å². The third-order valence-electron chi connectivity index (χ3n) is 3.73. The van der Waals surface area contributed by atoms with E-state index >= 15 is 0 Å². The molecule has 0 radical (unpaired) electrons. The molecule has 1 aromatic rings. The smallest absolute Gasteiger partial charge is 0.177 e. The summed E-state index contributed by atoms with van der Waals surface area (Å²) in [5, 5.41) is 2.96. The molecule has 1 aromatic carbocycles. The van der Waals surface area contributed by atoms with Crippen molar-refractivity contribution in [2.24, 2.45) is 5.73 Å². The van der Waals surface area contributed by atoms with Gasteiger partial charge >= 0.3 is 0 Å². The molecule has 4 heteroatoms. The largest absolute Gasteiger partial charge is 0.394 e. The number of benzene rings is 1. The molecular weight excluding hydrogens is 496 g/mol. The molecule has 39 heavy (non-hydrogen) atoms. The minimum atomic E-state index is -0.0848. The van der Waals surface area contributed by atoms with Crippen molar-refractivity contribution in [1.29, 1.82) is 0 Å². The molecule has 0 saturated carbocycles. The number of rotatable bonds is 7. The lowest BCUT2D eigenvalue weighted by Gasteiger charge is -2.04. The molecule has 0 unspecified atom stereocenters. The fourth-order valence-electron chi connectivity index (χ4n) is 1.79. The maximum Gasteiger partial charge on any atom is 0.177 e. The van der Waals surface area contributed by atoms with E-state index in [1.54, 1.807) is 13.0 Å². The Morgan fingerprint density at radius 3 is 1.69 bits per heavy atom. The van der Waals surface area contributed by atoms with Crippen LogP contribution >= 0.6 is 12.6 Å². The third kappa shape index (κ3) is 56.6. The van der Waals surface area contributed by atoms with Crippen molar-refractivity contribution in [2.75, 3.05) is 6.54 Å². The highest BCUT2D eigenvalue weighted by molar-refractivity contribution is 7.80. The molecular formula is C35H64N2OS. The number of nitrogens with two attached hydrogens (primary N) is 1. The van der Waals surface area contributed by atoms with Crippen LogP contribution in [-0.2, 0) is 4.79 Å². The molecule has 0 amide bonds. The quantitative estimate of drug-likeness (QED) is 0.177. The topological polar surface area (TPSA) is 55.1 Å². The van der Waals surface area contributed by atoms with Gasteiger partial charge < -0.3 is 11.1 Å². The molecule has 0 aliphatic rings. The second-order valence-corrected chi connectivity index (χ2v) is 7.97. The first kappa shape index (κ1) is 49.3. The van der Waals surface area contributed by atoms with Gasteiger partial charge in [-0.25, -0.2) is 0 Å². The summed E-state index contributed by atoms with van der Waals surface area (Å²) in [5.74, 6) is -0.0848. The van der Waals surface area contributed by atoms with Crippen LogP contribution in [-0.4, -0.2) is 12.3 Å². The molecule has 0 heterocycles. The fraction of sp³-hybridized carbons (Fsp3) is 0.457. The van der Waals surface area contributed by atoms with Crippen LogP contribution in [0, 0.1) is 6.92 Å². The SMILES string of the molecule is C=C(C)/C=C\C.C=C/C=C\C=C/C.CC.CC.CCCC.CCN/C(C)=C(\N)C(C)=O.Cc1cccc(S)c1. The molecule has 0 spiro atoms. The van der Waals surface area contributed by atoms with Crippen molar-refractivity contribution in [1.82, 2.24) is 5.32 Å². The van der Waals surface area contributed by atoms with Gasteiger partial charge in [0.1, 0.15) is 0 Å². The molecule has 0 bridgehead atoms. The number of nitrogens with one attached hydrogen (secondary N) is 1. The number of hydrogen-bond acceptors (Lipinski definition) is 4. The van der Waals surface area contributed by atoms with Gasteiger partial charge in [-0.1, -0.05) is 133 Å². The predicted octanol–water partition coefficient (Wildman–Crippen LogP) is 11.0. The Balaban J connectivity index is -0.0000000864. The predicted molar refractivity (Wildman–Crippen MR) is 187 cm³/mol. The summed E-state index contributed by atoms with van der Waals surface area (Å²) in [6.45, 7) is 33.5. The fourth-order valence-corrected chi connectivity index (χ4v) is 2.08. The zero-order valence-electron chi connectivity index (χ0n) is 27.8. The van der Waals surface area contributed by atoms with Gasteiger partial charge in [0, 0.05) is 24.1 Å². The van der Waals surface area contributed by atoms with Crippen LogP contribution in [0.25, 0.3) is 0 Å². The molecule has 0 aliphatic heterocycles. The normalized spacial score (nSPS) is 9.59. The van der Waals surface area contributed by atoms with Gasteiger partial charge in [0.25, 0.3) is 0 Å². The van der Waals surface area contributed by atoms with Crippen molar-refractivity contribution in [3.8, 4) is 0 Å². The zero-order chi connectivity index (χ0) is 32.1. The van der Waals surface area contributed by atoms with Crippen molar-refractivity contribution in [2.45, 2.75) is 108 Å². The van der Waals surface area contributed by atoms with Gasteiger partial charge in [0.05, 0.1) is 5.70 Å². The molecule has 0 saturated heterocycles. The van der Waals surface area contributed by atoms with E-state index in [2.05, 4.69) is 57.9 Å². The van der Waals surface area contributed by atoms with Crippen LogP contribution in [0.5, 0.6) is 0 Å². The van der Waals surface area contributed by atoms with Crippen LogP contribution in [0.4, 0.5) is 0 Å². The first-order valence-corrected chi connectivity index (χ1v) is 14.6. The number of unbranched alkanes of at least 4 members (excludes halogenated alkanes) is 1. The van der Waals surface area contributed by atoms with Crippen molar-refractivity contribution in [3.05, 3.63) is 102 Å². The van der Waals surface area contributed by atoms with Crippen LogP contribution in [0.1, 0.15) is 101 Å². The summed E-state index contributed by atoms with van der Waals surface area (Å²) in [7, 11) is 0. The minimum Gasteiger partial charge on any atom is -0.394 e. The standard InChI is InChI=1S/C7H14N2O.C7H8S.C7H10.C6H10.C4H10.2C2H6/c1-4-9-5(2)7(8)6(3)10;1-6-3-2-4-7(8)5-6;1-3-5-7-6-4-2;1-4-5-6(2)3;1-3-4-2;2*1-2/h9H,4,8H2,1-3H3;2-5,8H,1H3;3-7H,1H2,2H3;4-5H,2H2,1,3H3;3-4H2,1-2H3;2*1-2H3/b7-5-;;6-4-,7-5-;5-4-;;;. The summed E-state index contributed by atoms with van der Waals surface area (Å²) in [6.07, 6.45) is 16.1. The number of Topliss-reactive ketones (excluding diaryl/α,β-unsaturated/α-hetero) is 1. The number of carbonyl (C=O) groups excluding carboxylic acids is 1. The van der Waals surface area contributed by atoms with Gasteiger partial charge in [-0.05, 0) is 53.7 Å². The number of ketones is 1. The lowest BCUT2D eigenvalue weighted by molar-refractivity contribution is -0.113. The molecule has 1 rings (SSSR count). The zero-order valence-corrected chi connectivity index (χ0v) is 28.7. The minimum absolute atomic E-state index is 0.0848. The molecule has 0 fully saturated rings. The highest BCUT2D eigenvalue weighted by Gasteiger charge is 2.00. The second-order valence-electron chi connectivity index (χ2n) is 7.46. The van der Waals surface area contributed by atoms with Gasteiger partial charge in [0.2, 0.25) is 0 Å². The van der Waals surface area contributed by atoms with Crippen LogP contribution in [0.3, 0.4) is 0 Å². The van der Waals surface area contributed by atoms with Gasteiger partial charge in [-0.2, -0.15) is 0 Å². The maximum atomic E-state index is 10.6. The van der Waals surface area contributed by atoms with Crippen LogP contribution in [0.2, 0.25) is 0 Å². The first-order valence-electron chi connectivity index (χ1n) is 14.1. The number of carbonyl (C=O) groups is 1. The molecule has 0 atom stereocenters. The third-order valence-corrected chi connectivity index (χ3v) is 4.01. The second kappa shape index (κ2) is 45.2. The Morgan fingerprint density at radius 1 is 0.949 bits per heavy atom. The molecule has 226 valence electrons. The molecule has 3 nitrogen and oxygen atoms in total. The summed E-state index contributed by atoms with van der Waals surface area (Å²) in [4.78, 5) is 11.7. The number of aryl methyl sites for hydroxylation is 1. The maximum absolute atomic E-state index is 10.6. The Hall–Kier alpha value is -2.72. The number of allylic oxidation sites excluding steroid dienone is 10. The summed E-state index contributed by atoms with van der Waals surface area (Å²) in [5.41, 5.74) is 8.86. The Morgan fingerprint density at radius 2 is 1.46 bits per heavy atom. The Kier molecular flexibility index (Phi) is 57.1. The first-order chi connectivity index (χ1) is 18.5. The van der Waals surface area contributed by atoms with Crippen molar-refractivity contribution in [3.63, 3.8) is 0 Å². The van der Waals surface area contributed by atoms with E-state index in [4.69, 9.17) is 5.73 Å². The van der Waals surface area contributed by atoms with Crippen LogP contribution < -0.4 is 11.1 Å². The Labute approximate surface area is 250 Å². The highest BCUT2D eigenvalue weighted by Crippen LogP contribution is 2.06. The highest BCUT2D eigenvalue weighted by atomic mass is 32.1. The monoisotopic (exact) mass is 560 g/mol. The summed E-state index contributed by atoms with van der Waals surface area (Å²) >= 11 is 4.15. The van der Waals surface area contributed by atoms with E-state index in [0.717, 1.165) is 22.7 Å². The average molecular weight is 561 g/mol. The Bertz CT molecular complexity index is 768. The van der Waals surface area contributed by atoms with E-state index < -0.39 is 0 Å². The van der Waals surface area contributed by atoms with Gasteiger partial charge in [-0.15, -0.1) is 12.6 Å². The van der Waals surface area contributed by atoms with E-state index in [1.807, 2.05) is 110 Å². The molecule has 3 N–H and O–H groups in total. The summed E-state index contributed by atoms with van der Waals surface area (Å²) in [6, 6.07) is 8.05.